The van der Waals surface area contributed by atoms with Crippen molar-refractivity contribution in [1.29, 1.82) is 0 Å². The molecule has 94 valence electrons. The van der Waals surface area contributed by atoms with E-state index in [0.717, 1.165) is 6.07 Å². The first-order valence-electron chi connectivity index (χ1n) is 4.66. The summed E-state index contributed by atoms with van der Waals surface area (Å²) >= 11 is 0. The first-order valence-corrected chi connectivity index (χ1v) is 6.20. The predicted octanol–water partition coefficient (Wildman–Crippen LogP) is -0.0307. The number of hydrogen-bond acceptors (Lipinski definition) is 6. The van der Waals surface area contributed by atoms with Gasteiger partial charge in [-0.25, -0.2) is 23.5 Å². The zero-order chi connectivity index (χ0) is 13.2. The minimum Gasteiger partial charge on any atom is -0.438 e. The van der Waals surface area contributed by atoms with Crippen LogP contribution < -0.4 is 10.5 Å². The molecule has 0 bridgehead atoms. The van der Waals surface area contributed by atoms with Crippen molar-refractivity contribution in [2.75, 3.05) is 5.32 Å². The Morgan fingerprint density at radius 2 is 1.94 bits per heavy atom. The van der Waals surface area contributed by atoms with E-state index >= 15 is 0 Å². The maximum atomic E-state index is 11.7. The van der Waals surface area contributed by atoms with Crippen molar-refractivity contribution in [3.05, 3.63) is 36.6 Å². The van der Waals surface area contributed by atoms with Crippen molar-refractivity contribution in [2.45, 2.75) is 5.09 Å². The first kappa shape index (κ1) is 12.2. The minimum absolute atomic E-state index is 0.178. The highest BCUT2D eigenvalue weighted by atomic mass is 32.2. The number of carbonyl (C=O) groups is 1. The normalized spacial score (nSPS) is 11.2. The van der Waals surface area contributed by atoms with E-state index in [2.05, 4.69) is 15.3 Å². The molecule has 18 heavy (non-hydrogen) atoms. The van der Waals surface area contributed by atoms with Crippen LogP contribution in [0.2, 0.25) is 0 Å². The van der Waals surface area contributed by atoms with Crippen molar-refractivity contribution in [3.8, 4) is 0 Å². The molecule has 0 unspecified atom stereocenters. The fourth-order valence-corrected chi connectivity index (χ4v) is 1.62. The third kappa shape index (κ3) is 2.70. The number of sulfonamides is 1. The zero-order valence-electron chi connectivity index (χ0n) is 8.90. The van der Waals surface area contributed by atoms with E-state index in [1.54, 1.807) is 0 Å². The van der Waals surface area contributed by atoms with Gasteiger partial charge in [0.25, 0.3) is 15.9 Å². The molecule has 0 saturated carbocycles. The molecular weight excluding hydrogens is 260 g/mol. The lowest BCUT2D eigenvalue weighted by molar-refractivity contribution is 0.0991. The van der Waals surface area contributed by atoms with Gasteiger partial charge in [0.1, 0.15) is 6.33 Å². The van der Waals surface area contributed by atoms with E-state index in [4.69, 9.17) is 9.56 Å². The summed E-state index contributed by atoms with van der Waals surface area (Å²) in [5, 5.41) is 6.80. The molecule has 0 saturated heterocycles. The highest BCUT2D eigenvalue weighted by molar-refractivity contribution is 7.89. The SMILES string of the molecule is NS(=O)(=O)c1ccc(C(=O)Nc2cncnc2)o1. The molecule has 0 aliphatic heterocycles. The maximum Gasteiger partial charge on any atom is 0.291 e. The zero-order valence-corrected chi connectivity index (χ0v) is 9.72. The summed E-state index contributed by atoms with van der Waals surface area (Å²) in [7, 11) is -3.96. The molecular formula is C9H8N4O4S. The summed E-state index contributed by atoms with van der Waals surface area (Å²) in [5.41, 5.74) is 0.357. The number of rotatable bonds is 3. The number of aromatic nitrogens is 2. The summed E-state index contributed by atoms with van der Waals surface area (Å²) in [6.45, 7) is 0. The molecule has 0 aliphatic carbocycles. The number of anilines is 1. The van der Waals surface area contributed by atoms with Gasteiger partial charge in [0, 0.05) is 0 Å². The molecule has 9 heteroatoms. The van der Waals surface area contributed by atoms with E-state index in [1.807, 2.05) is 0 Å². The van der Waals surface area contributed by atoms with Gasteiger partial charge in [0.2, 0.25) is 5.09 Å². The number of hydrogen-bond donors (Lipinski definition) is 2. The largest absolute Gasteiger partial charge is 0.438 e. The predicted molar refractivity (Wildman–Crippen MR) is 60.1 cm³/mol. The van der Waals surface area contributed by atoms with Gasteiger partial charge in [-0.05, 0) is 12.1 Å². The monoisotopic (exact) mass is 268 g/mol. The molecule has 2 rings (SSSR count). The molecule has 0 aromatic carbocycles. The van der Waals surface area contributed by atoms with Crippen LogP contribution in [0.4, 0.5) is 5.69 Å². The number of nitrogens with two attached hydrogens (primary N) is 1. The van der Waals surface area contributed by atoms with Crippen LogP contribution in [0.1, 0.15) is 10.6 Å². The Labute approximate surface area is 102 Å². The molecule has 0 atom stereocenters. The van der Waals surface area contributed by atoms with Crippen molar-refractivity contribution in [3.63, 3.8) is 0 Å². The van der Waals surface area contributed by atoms with Gasteiger partial charge in [-0.3, -0.25) is 4.79 Å². The second kappa shape index (κ2) is 4.55. The van der Waals surface area contributed by atoms with Gasteiger partial charge in [0.05, 0.1) is 18.1 Å². The molecule has 1 amide bonds. The van der Waals surface area contributed by atoms with Crippen LogP contribution in [0.3, 0.4) is 0 Å². The van der Waals surface area contributed by atoms with E-state index < -0.39 is 21.0 Å². The van der Waals surface area contributed by atoms with Crippen LogP contribution >= 0.6 is 0 Å². The van der Waals surface area contributed by atoms with Crippen LogP contribution in [-0.4, -0.2) is 24.3 Å². The fraction of sp³-hybridized carbons (Fsp3) is 0. The Morgan fingerprint density at radius 3 is 2.50 bits per heavy atom. The number of carbonyl (C=O) groups excluding carboxylic acids is 1. The average molecular weight is 268 g/mol. The maximum absolute atomic E-state index is 11.7. The molecule has 2 heterocycles. The van der Waals surface area contributed by atoms with Gasteiger partial charge < -0.3 is 9.73 Å². The van der Waals surface area contributed by atoms with E-state index in [1.165, 1.54) is 24.8 Å². The van der Waals surface area contributed by atoms with Gasteiger partial charge in [-0.1, -0.05) is 0 Å². The third-order valence-corrected chi connectivity index (χ3v) is 2.68. The number of nitrogens with one attached hydrogen (secondary N) is 1. The van der Waals surface area contributed by atoms with E-state index in [-0.39, 0.29) is 5.76 Å². The van der Waals surface area contributed by atoms with Gasteiger partial charge in [0.15, 0.2) is 5.76 Å². The van der Waals surface area contributed by atoms with Crippen molar-refractivity contribution < 1.29 is 17.6 Å². The summed E-state index contributed by atoms with van der Waals surface area (Å²) in [4.78, 5) is 19.1. The first-order chi connectivity index (χ1) is 8.47. The Kier molecular flexibility index (Phi) is 3.08. The lowest BCUT2D eigenvalue weighted by atomic mass is 10.4. The highest BCUT2D eigenvalue weighted by Crippen LogP contribution is 2.13. The number of amides is 1. The lowest BCUT2D eigenvalue weighted by Crippen LogP contribution is -2.13. The molecule has 0 spiro atoms. The van der Waals surface area contributed by atoms with Crippen molar-refractivity contribution in [1.82, 2.24) is 9.97 Å². The molecule has 0 fully saturated rings. The molecule has 0 aliphatic rings. The van der Waals surface area contributed by atoms with Gasteiger partial charge >= 0.3 is 0 Å². The smallest absolute Gasteiger partial charge is 0.291 e. The number of nitrogens with zero attached hydrogens (tertiary/aromatic N) is 2. The molecule has 2 aromatic rings. The Morgan fingerprint density at radius 1 is 1.28 bits per heavy atom. The Hall–Kier alpha value is -2.26. The molecule has 8 nitrogen and oxygen atoms in total. The van der Waals surface area contributed by atoms with Crippen LogP contribution in [0.5, 0.6) is 0 Å². The molecule has 3 N–H and O–H groups in total. The summed E-state index contributed by atoms with van der Waals surface area (Å²) < 4.78 is 26.7. The Bertz CT molecular complexity index is 665. The van der Waals surface area contributed by atoms with E-state index in [0.29, 0.717) is 5.69 Å². The van der Waals surface area contributed by atoms with Crippen molar-refractivity contribution in [2.24, 2.45) is 5.14 Å². The lowest BCUT2D eigenvalue weighted by Gasteiger charge is -2.00. The quantitative estimate of drug-likeness (QED) is 0.804. The Balaban J connectivity index is 2.18. The van der Waals surface area contributed by atoms with Crippen molar-refractivity contribution >= 4 is 21.6 Å². The van der Waals surface area contributed by atoms with Gasteiger partial charge in [-0.2, -0.15) is 0 Å². The molecule has 0 radical (unpaired) electrons. The standard InChI is InChI=1S/C9H8N4O4S/c10-18(15,16)8-2-1-7(17-8)9(14)13-6-3-11-5-12-4-6/h1-5H,(H,13,14)(H2,10,15,16). The van der Waals surface area contributed by atoms with E-state index in [9.17, 15) is 13.2 Å². The summed E-state index contributed by atoms with van der Waals surface area (Å²) in [6.07, 6.45) is 4.07. The van der Waals surface area contributed by atoms with Crippen LogP contribution in [0.15, 0.2) is 40.4 Å². The van der Waals surface area contributed by atoms with Crippen LogP contribution in [-0.2, 0) is 10.0 Å². The second-order valence-electron chi connectivity index (χ2n) is 3.24. The van der Waals surface area contributed by atoms with Crippen LogP contribution in [0, 0.1) is 0 Å². The number of furan rings is 1. The third-order valence-electron chi connectivity index (χ3n) is 1.90. The molecule has 2 aromatic heterocycles. The fourth-order valence-electron chi connectivity index (χ4n) is 1.15. The van der Waals surface area contributed by atoms with Gasteiger partial charge in [-0.15, -0.1) is 0 Å². The minimum atomic E-state index is -3.96. The average Bonchev–Trinajstić information content (AvgIpc) is 2.79. The number of primary sulfonamides is 1. The summed E-state index contributed by atoms with van der Waals surface area (Å²) in [6, 6.07) is 2.31. The summed E-state index contributed by atoms with van der Waals surface area (Å²) in [5.74, 6) is -0.803. The van der Waals surface area contributed by atoms with Crippen LogP contribution in [0.25, 0.3) is 0 Å². The second-order valence-corrected chi connectivity index (χ2v) is 4.74. The highest BCUT2D eigenvalue weighted by Gasteiger charge is 2.17. The topological polar surface area (TPSA) is 128 Å².